The number of amides is 1. The number of aryl methyl sites for hydroxylation is 2. The van der Waals surface area contributed by atoms with Crippen molar-refractivity contribution in [1.29, 1.82) is 0 Å². The Labute approximate surface area is 141 Å². The van der Waals surface area contributed by atoms with Crippen molar-refractivity contribution in [3.8, 4) is 0 Å². The number of carbonyl (C=O) groups excluding carboxylic acids is 1. The molecule has 0 N–H and O–H groups in total. The van der Waals surface area contributed by atoms with Gasteiger partial charge in [-0.15, -0.1) is 0 Å². The average molecular weight is 317 g/mol. The van der Waals surface area contributed by atoms with Crippen molar-refractivity contribution in [2.45, 2.75) is 26.3 Å². The molecule has 1 saturated heterocycles. The van der Waals surface area contributed by atoms with Crippen molar-refractivity contribution in [3.63, 3.8) is 0 Å². The summed E-state index contributed by atoms with van der Waals surface area (Å²) >= 11 is 0. The summed E-state index contributed by atoms with van der Waals surface area (Å²) in [4.78, 5) is 23.9. The van der Waals surface area contributed by atoms with Crippen LogP contribution in [0.2, 0.25) is 0 Å². The number of carbonyl (C=O) groups is 1. The van der Waals surface area contributed by atoms with Crippen LogP contribution >= 0.6 is 0 Å². The molecule has 2 aromatic carbocycles. The number of hydrogen-bond acceptors (Lipinski definition) is 3. The molecule has 4 nitrogen and oxygen atoms in total. The van der Waals surface area contributed by atoms with Gasteiger partial charge in [0.15, 0.2) is 0 Å². The topological polar surface area (TPSA) is 46.1 Å². The molecule has 120 valence electrons. The van der Waals surface area contributed by atoms with Crippen LogP contribution in [0.1, 0.15) is 39.8 Å². The van der Waals surface area contributed by atoms with Gasteiger partial charge < -0.3 is 4.90 Å². The molecule has 24 heavy (non-hydrogen) atoms. The fraction of sp³-hybridized carbons (Fsp3) is 0.250. The van der Waals surface area contributed by atoms with E-state index in [1.807, 2.05) is 55.1 Å². The van der Waals surface area contributed by atoms with Gasteiger partial charge in [-0.05, 0) is 44.0 Å². The normalized spacial score (nSPS) is 16.9. The van der Waals surface area contributed by atoms with Crippen molar-refractivity contribution >= 4 is 16.9 Å². The van der Waals surface area contributed by atoms with Crippen molar-refractivity contribution in [1.82, 2.24) is 14.9 Å². The van der Waals surface area contributed by atoms with E-state index in [-0.39, 0.29) is 11.9 Å². The van der Waals surface area contributed by atoms with Gasteiger partial charge in [0.05, 0.1) is 28.5 Å². The molecule has 4 rings (SSSR count). The summed E-state index contributed by atoms with van der Waals surface area (Å²) in [5.74, 6) is 0.0667. The molecule has 1 aliphatic rings. The van der Waals surface area contributed by atoms with Gasteiger partial charge in [0, 0.05) is 12.1 Å². The highest BCUT2D eigenvalue weighted by molar-refractivity contribution is 5.98. The van der Waals surface area contributed by atoms with E-state index < -0.39 is 0 Å². The van der Waals surface area contributed by atoms with Crippen molar-refractivity contribution in [2.75, 3.05) is 6.54 Å². The summed E-state index contributed by atoms with van der Waals surface area (Å²) in [6, 6.07) is 16.0. The molecule has 0 aliphatic carbocycles. The van der Waals surface area contributed by atoms with E-state index in [0.29, 0.717) is 5.56 Å². The van der Waals surface area contributed by atoms with Crippen molar-refractivity contribution in [3.05, 3.63) is 71.0 Å². The second-order valence-electron chi connectivity index (χ2n) is 6.31. The van der Waals surface area contributed by atoms with Crippen LogP contribution in [0.3, 0.4) is 0 Å². The quantitative estimate of drug-likeness (QED) is 0.721. The third-order valence-electron chi connectivity index (χ3n) is 4.79. The summed E-state index contributed by atoms with van der Waals surface area (Å²) in [6.45, 7) is 4.69. The maximum atomic E-state index is 12.9. The molecular formula is C20H19N3O. The Hall–Kier alpha value is -2.75. The summed E-state index contributed by atoms with van der Waals surface area (Å²) in [5.41, 5.74) is 5.31. The summed E-state index contributed by atoms with van der Waals surface area (Å²) in [5, 5.41) is 0. The highest BCUT2D eigenvalue weighted by atomic mass is 16.2. The van der Waals surface area contributed by atoms with E-state index >= 15 is 0 Å². The fourth-order valence-corrected chi connectivity index (χ4v) is 3.18. The standard InChI is InChI=1S/C20H19N3O/c1-13-14(2)22-18-12-16(8-9-17(18)21-13)20(24)23-11-10-19(23)15-6-4-3-5-7-15/h3-9,12,19H,10-11H2,1-2H3/t19-/m0/s1. The van der Waals surface area contributed by atoms with Gasteiger partial charge >= 0.3 is 0 Å². The lowest BCUT2D eigenvalue weighted by molar-refractivity contribution is 0.0460. The lowest BCUT2D eigenvalue weighted by Gasteiger charge is -2.41. The molecule has 4 heteroatoms. The lowest BCUT2D eigenvalue weighted by Crippen LogP contribution is -2.45. The highest BCUT2D eigenvalue weighted by Gasteiger charge is 2.33. The zero-order valence-electron chi connectivity index (χ0n) is 13.9. The van der Waals surface area contributed by atoms with Crippen LogP contribution in [0.15, 0.2) is 48.5 Å². The Balaban J connectivity index is 1.65. The van der Waals surface area contributed by atoms with Gasteiger partial charge in [0.25, 0.3) is 5.91 Å². The van der Waals surface area contributed by atoms with Gasteiger partial charge in [-0.2, -0.15) is 0 Å². The molecule has 0 unspecified atom stereocenters. The van der Waals surface area contributed by atoms with Crippen LogP contribution in [0.5, 0.6) is 0 Å². The van der Waals surface area contributed by atoms with Crippen LogP contribution in [0.25, 0.3) is 11.0 Å². The lowest BCUT2D eigenvalue weighted by atomic mass is 9.93. The van der Waals surface area contributed by atoms with Crippen LogP contribution in [0, 0.1) is 13.8 Å². The van der Waals surface area contributed by atoms with Gasteiger partial charge in [-0.3, -0.25) is 4.79 Å². The zero-order valence-corrected chi connectivity index (χ0v) is 13.9. The molecule has 1 atom stereocenters. The highest BCUT2D eigenvalue weighted by Crippen LogP contribution is 2.34. The van der Waals surface area contributed by atoms with E-state index in [9.17, 15) is 4.79 Å². The Kier molecular flexibility index (Phi) is 3.53. The monoisotopic (exact) mass is 317 g/mol. The molecule has 1 fully saturated rings. The second-order valence-corrected chi connectivity index (χ2v) is 6.31. The second kappa shape index (κ2) is 5.71. The predicted octanol–water partition coefficient (Wildman–Crippen LogP) is 3.83. The fourth-order valence-electron chi connectivity index (χ4n) is 3.18. The first-order valence-corrected chi connectivity index (χ1v) is 8.24. The van der Waals surface area contributed by atoms with E-state index in [0.717, 1.165) is 35.4 Å². The number of likely N-dealkylation sites (tertiary alicyclic amines) is 1. The van der Waals surface area contributed by atoms with E-state index in [1.54, 1.807) is 0 Å². The van der Waals surface area contributed by atoms with Gasteiger partial charge in [-0.25, -0.2) is 9.97 Å². The minimum absolute atomic E-state index is 0.0667. The van der Waals surface area contributed by atoms with Crippen LogP contribution in [-0.4, -0.2) is 27.3 Å². The zero-order chi connectivity index (χ0) is 16.7. The third-order valence-corrected chi connectivity index (χ3v) is 4.79. The molecule has 0 spiro atoms. The number of aromatic nitrogens is 2. The SMILES string of the molecule is Cc1nc2ccc(C(=O)N3CC[C@H]3c3ccccc3)cc2nc1C. The molecule has 0 bridgehead atoms. The Morgan fingerprint density at radius 2 is 1.71 bits per heavy atom. The van der Waals surface area contributed by atoms with Gasteiger partial charge in [0.1, 0.15) is 0 Å². The van der Waals surface area contributed by atoms with Gasteiger partial charge in [0.2, 0.25) is 0 Å². The number of fused-ring (bicyclic) bond motifs is 1. The Bertz CT molecular complexity index is 921. The Morgan fingerprint density at radius 3 is 2.38 bits per heavy atom. The number of rotatable bonds is 2. The molecule has 0 radical (unpaired) electrons. The summed E-state index contributed by atoms with van der Waals surface area (Å²) in [6.07, 6.45) is 1.02. The number of nitrogens with zero attached hydrogens (tertiary/aromatic N) is 3. The molecule has 0 saturated carbocycles. The first kappa shape index (κ1) is 14.8. The molecule has 2 heterocycles. The maximum absolute atomic E-state index is 12.9. The molecular weight excluding hydrogens is 298 g/mol. The smallest absolute Gasteiger partial charge is 0.254 e. The molecule has 1 aromatic heterocycles. The molecule has 1 aliphatic heterocycles. The van der Waals surface area contributed by atoms with Crippen LogP contribution < -0.4 is 0 Å². The first-order valence-electron chi connectivity index (χ1n) is 8.24. The molecule has 1 amide bonds. The number of hydrogen-bond donors (Lipinski definition) is 0. The van der Waals surface area contributed by atoms with E-state index in [1.165, 1.54) is 5.56 Å². The predicted molar refractivity (Wildman–Crippen MR) is 93.8 cm³/mol. The average Bonchev–Trinajstić information content (AvgIpc) is 2.55. The van der Waals surface area contributed by atoms with Gasteiger partial charge in [-0.1, -0.05) is 30.3 Å². The minimum atomic E-state index is 0.0667. The third kappa shape index (κ3) is 2.44. The minimum Gasteiger partial charge on any atom is -0.331 e. The first-order chi connectivity index (χ1) is 11.6. The van der Waals surface area contributed by atoms with E-state index in [4.69, 9.17) is 0 Å². The van der Waals surface area contributed by atoms with Crippen molar-refractivity contribution in [2.24, 2.45) is 0 Å². The van der Waals surface area contributed by atoms with Crippen LogP contribution in [0.4, 0.5) is 0 Å². The Morgan fingerprint density at radius 1 is 1.00 bits per heavy atom. The van der Waals surface area contributed by atoms with E-state index in [2.05, 4.69) is 22.1 Å². The summed E-state index contributed by atoms with van der Waals surface area (Å²) in [7, 11) is 0. The summed E-state index contributed by atoms with van der Waals surface area (Å²) < 4.78 is 0. The molecule has 3 aromatic rings. The number of benzene rings is 2. The maximum Gasteiger partial charge on any atom is 0.254 e. The van der Waals surface area contributed by atoms with Crippen molar-refractivity contribution < 1.29 is 4.79 Å². The van der Waals surface area contributed by atoms with Crippen LogP contribution in [-0.2, 0) is 0 Å². The largest absolute Gasteiger partial charge is 0.331 e.